The minimum absolute atomic E-state index is 0.0186. The van der Waals surface area contributed by atoms with Crippen LogP contribution < -0.4 is 10.2 Å². The van der Waals surface area contributed by atoms with E-state index in [4.69, 9.17) is 5.11 Å². The van der Waals surface area contributed by atoms with Crippen molar-refractivity contribution in [1.82, 2.24) is 10.3 Å². The van der Waals surface area contributed by atoms with Gasteiger partial charge in [-0.15, -0.1) is 0 Å². The highest BCUT2D eigenvalue weighted by molar-refractivity contribution is 5.44. The molecule has 0 bridgehead atoms. The van der Waals surface area contributed by atoms with Gasteiger partial charge in [0.25, 0.3) is 0 Å². The minimum Gasteiger partial charge on any atom is -0.382 e. The van der Waals surface area contributed by atoms with E-state index in [1.165, 1.54) is 0 Å². The lowest BCUT2D eigenvalue weighted by atomic mass is 10.0. The Hall–Kier alpha value is -1.34. The Bertz CT molecular complexity index is 405. The maximum absolute atomic E-state index is 12.2. The first-order valence-electron chi connectivity index (χ1n) is 6.60. The zero-order valence-electron chi connectivity index (χ0n) is 11.0. The molecule has 20 heavy (non-hydrogen) atoms. The molecule has 1 unspecified atom stereocenters. The Morgan fingerprint density at radius 2 is 1.90 bits per heavy atom. The molecule has 1 atom stereocenters. The number of rotatable bonds is 4. The first-order chi connectivity index (χ1) is 9.47. The molecule has 1 aliphatic heterocycles. The second-order valence-electron chi connectivity index (χ2n) is 4.93. The van der Waals surface area contributed by atoms with Gasteiger partial charge in [0, 0.05) is 43.8 Å². The maximum atomic E-state index is 12.2. The van der Waals surface area contributed by atoms with Crippen molar-refractivity contribution in [3.63, 3.8) is 0 Å². The number of nitrogens with one attached hydrogen (secondary N) is 1. The number of hydrogen-bond donors (Lipinski definition) is 2. The second-order valence-corrected chi connectivity index (χ2v) is 4.93. The molecule has 1 aromatic heterocycles. The Labute approximate surface area is 115 Å². The summed E-state index contributed by atoms with van der Waals surface area (Å²) in [6.45, 7) is 1.12. The van der Waals surface area contributed by atoms with Crippen molar-refractivity contribution in [3.8, 4) is 0 Å². The highest BCUT2D eigenvalue weighted by Crippen LogP contribution is 2.21. The van der Waals surface area contributed by atoms with Crippen LogP contribution in [-0.2, 0) is 0 Å². The summed E-state index contributed by atoms with van der Waals surface area (Å²) < 4.78 is 36.5. The zero-order chi connectivity index (χ0) is 14.6. The number of aliphatic hydroxyl groups is 1. The number of pyridine rings is 1. The van der Waals surface area contributed by atoms with Crippen molar-refractivity contribution in [3.05, 3.63) is 24.5 Å². The highest BCUT2D eigenvalue weighted by Gasteiger charge is 2.38. The number of piperidine rings is 1. The van der Waals surface area contributed by atoms with Crippen molar-refractivity contribution in [2.24, 2.45) is 0 Å². The van der Waals surface area contributed by atoms with Crippen LogP contribution in [0.15, 0.2) is 24.5 Å². The Morgan fingerprint density at radius 1 is 1.30 bits per heavy atom. The van der Waals surface area contributed by atoms with Crippen molar-refractivity contribution in [2.45, 2.75) is 31.2 Å². The molecular weight excluding hydrogens is 271 g/mol. The molecule has 0 aromatic carbocycles. The molecular formula is C13H18F3N3O. The predicted octanol–water partition coefficient (Wildman–Crippen LogP) is 1.56. The van der Waals surface area contributed by atoms with Gasteiger partial charge in [-0.2, -0.15) is 13.2 Å². The van der Waals surface area contributed by atoms with Crippen LogP contribution in [0.3, 0.4) is 0 Å². The van der Waals surface area contributed by atoms with Crippen molar-refractivity contribution < 1.29 is 18.3 Å². The van der Waals surface area contributed by atoms with E-state index in [0.717, 1.165) is 31.6 Å². The number of anilines is 1. The van der Waals surface area contributed by atoms with Crippen molar-refractivity contribution >= 4 is 5.69 Å². The molecule has 0 radical (unpaired) electrons. The molecule has 0 spiro atoms. The molecule has 1 fully saturated rings. The largest absolute Gasteiger partial charge is 0.415 e. The van der Waals surface area contributed by atoms with Gasteiger partial charge >= 0.3 is 6.18 Å². The zero-order valence-corrected chi connectivity index (χ0v) is 11.0. The van der Waals surface area contributed by atoms with Gasteiger partial charge in [0.15, 0.2) is 6.10 Å². The third-order valence-electron chi connectivity index (χ3n) is 3.50. The number of nitrogens with zero attached hydrogens (tertiary/aromatic N) is 2. The summed E-state index contributed by atoms with van der Waals surface area (Å²) in [7, 11) is 0. The van der Waals surface area contributed by atoms with Crippen LogP contribution in [0.2, 0.25) is 0 Å². The SMILES string of the molecule is OC(CNC1CCN(c2ccncc2)CC1)C(F)(F)F. The van der Waals surface area contributed by atoms with Crippen LogP contribution in [0.25, 0.3) is 0 Å². The number of aliphatic hydroxyl groups excluding tert-OH is 1. The fraction of sp³-hybridized carbons (Fsp3) is 0.615. The number of alkyl halides is 3. The van der Waals surface area contributed by atoms with E-state index < -0.39 is 18.8 Å². The molecule has 1 saturated heterocycles. The summed E-state index contributed by atoms with van der Waals surface area (Å²) in [4.78, 5) is 6.13. The molecule has 0 saturated carbocycles. The topological polar surface area (TPSA) is 48.4 Å². The highest BCUT2D eigenvalue weighted by atomic mass is 19.4. The van der Waals surface area contributed by atoms with Crippen LogP contribution in [0.1, 0.15) is 12.8 Å². The standard InChI is InChI=1S/C13H18F3N3O/c14-13(15,16)12(20)9-18-10-3-7-19(8-4-10)11-1-5-17-6-2-11/h1-2,5-6,10,12,18,20H,3-4,7-9H2. The summed E-state index contributed by atoms with van der Waals surface area (Å²) in [5, 5.41) is 11.7. The molecule has 1 aromatic rings. The molecule has 4 nitrogen and oxygen atoms in total. The summed E-state index contributed by atoms with van der Waals surface area (Å²) in [6.07, 6.45) is -1.88. The van der Waals surface area contributed by atoms with Gasteiger partial charge in [-0.3, -0.25) is 4.98 Å². The molecule has 0 aliphatic carbocycles. The van der Waals surface area contributed by atoms with Crippen LogP contribution in [0, 0.1) is 0 Å². The van der Waals surface area contributed by atoms with Crippen molar-refractivity contribution in [2.75, 3.05) is 24.5 Å². The van der Waals surface area contributed by atoms with E-state index in [0.29, 0.717) is 0 Å². The van der Waals surface area contributed by atoms with Gasteiger partial charge in [-0.05, 0) is 25.0 Å². The normalized spacial score (nSPS) is 19.1. The lowest BCUT2D eigenvalue weighted by molar-refractivity contribution is -0.202. The first-order valence-corrected chi connectivity index (χ1v) is 6.60. The van der Waals surface area contributed by atoms with Gasteiger partial charge in [-0.1, -0.05) is 0 Å². The molecule has 112 valence electrons. The van der Waals surface area contributed by atoms with E-state index >= 15 is 0 Å². The van der Waals surface area contributed by atoms with E-state index in [1.54, 1.807) is 12.4 Å². The smallest absolute Gasteiger partial charge is 0.382 e. The summed E-state index contributed by atoms with van der Waals surface area (Å²) in [5.74, 6) is 0. The van der Waals surface area contributed by atoms with Gasteiger partial charge < -0.3 is 15.3 Å². The van der Waals surface area contributed by atoms with E-state index in [-0.39, 0.29) is 6.04 Å². The average Bonchev–Trinajstić information content (AvgIpc) is 2.45. The van der Waals surface area contributed by atoms with Crippen LogP contribution in [0.5, 0.6) is 0 Å². The summed E-state index contributed by atoms with van der Waals surface area (Å²) in [6, 6.07) is 3.85. The van der Waals surface area contributed by atoms with Gasteiger partial charge in [0.1, 0.15) is 0 Å². The molecule has 1 aliphatic rings. The van der Waals surface area contributed by atoms with E-state index in [1.807, 2.05) is 12.1 Å². The van der Waals surface area contributed by atoms with Gasteiger partial charge in [0.2, 0.25) is 0 Å². The third kappa shape index (κ3) is 4.08. The fourth-order valence-corrected chi connectivity index (χ4v) is 2.29. The maximum Gasteiger partial charge on any atom is 0.415 e. The van der Waals surface area contributed by atoms with Crippen LogP contribution in [0.4, 0.5) is 18.9 Å². The Kier molecular flexibility index (Phi) is 4.82. The van der Waals surface area contributed by atoms with Crippen LogP contribution in [-0.4, -0.2) is 48.0 Å². The Balaban J connectivity index is 1.75. The Morgan fingerprint density at radius 3 is 2.45 bits per heavy atom. The summed E-state index contributed by atoms with van der Waals surface area (Å²) >= 11 is 0. The average molecular weight is 289 g/mol. The predicted molar refractivity (Wildman–Crippen MR) is 69.5 cm³/mol. The fourth-order valence-electron chi connectivity index (χ4n) is 2.29. The molecule has 0 amide bonds. The van der Waals surface area contributed by atoms with Crippen LogP contribution >= 0.6 is 0 Å². The number of aromatic nitrogens is 1. The molecule has 2 rings (SSSR count). The molecule has 7 heteroatoms. The second kappa shape index (κ2) is 6.41. The molecule has 2 N–H and O–H groups in total. The van der Waals surface area contributed by atoms with Gasteiger partial charge in [0.05, 0.1) is 0 Å². The number of hydrogen-bond acceptors (Lipinski definition) is 4. The lowest BCUT2D eigenvalue weighted by Gasteiger charge is -2.34. The minimum atomic E-state index is -4.55. The quantitative estimate of drug-likeness (QED) is 0.883. The monoisotopic (exact) mass is 289 g/mol. The lowest BCUT2D eigenvalue weighted by Crippen LogP contribution is -2.47. The first kappa shape index (κ1) is 15.1. The van der Waals surface area contributed by atoms with E-state index in [2.05, 4.69) is 15.2 Å². The molecule has 2 heterocycles. The van der Waals surface area contributed by atoms with Gasteiger partial charge in [-0.25, -0.2) is 0 Å². The van der Waals surface area contributed by atoms with E-state index in [9.17, 15) is 13.2 Å². The summed E-state index contributed by atoms with van der Waals surface area (Å²) in [5.41, 5.74) is 1.08. The third-order valence-corrected chi connectivity index (χ3v) is 3.50. The number of halogens is 3. The van der Waals surface area contributed by atoms with Crippen molar-refractivity contribution in [1.29, 1.82) is 0 Å².